The Labute approximate surface area is 116 Å². The number of hydrogen-bond donors (Lipinski definition) is 1. The van der Waals surface area contributed by atoms with Crippen LogP contribution in [0.15, 0.2) is 0 Å². The summed E-state index contributed by atoms with van der Waals surface area (Å²) >= 11 is 0. The van der Waals surface area contributed by atoms with E-state index < -0.39 is 0 Å². The molecule has 0 amide bonds. The number of nitrogens with zero attached hydrogens (tertiary/aromatic N) is 3. The topological polar surface area (TPSA) is 42.3 Å². The Bertz CT molecular complexity index is 376. The maximum Gasteiger partial charge on any atom is 0.0628 e. The van der Waals surface area contributed by atoms with Crippen LogP contribution in [0.2, 0.25) is 0 Å². The van der Waals surface area contributed by atoms with Crippen LogP contribution in [0, 0.1) is 13.8 Å². The third-order valence-corrected chi connectivity index (χ3v) is 3.56. The normalized spacial score (nSPS) is 11.5. The summed E-state index contributed by atoms with van der Waals surface area (Å²) in [7, 11) is 5.90. The summed E-state index contributed by atoms with van der Waals surface area (Å²) < 4.78 is 6.97. The van der Waals surface area contributed by atoms with Gasteiger partial charge >= 0.3 is 0 Å². The Morgan fingerprint density at radius 3 is 2.58 bits per heavy atom. The molecule has 0 saturated carbocycles. The number of ether oxygens (including phenoxy) is 1. The van der Waals surface area contributed by atoms with E-state index >= 15 is 0 Å². The lowest BCUT2D eigenvalue weighted by Crippen LogP contribution is -2.32. The highest BCUT2D eigenvalue weighted by molar-refractivity contribution is 5.24. The van der Waals surface area contributed by atoms with Gasteiger partial charge in [0.15, 0.2) is 0 Å². The maximum absolute atomic E-state index is 5.00. The van der Waals surface area contributed by atoms with E-state index in [1.807, 2.05) is 11.7 Å². The minimum atomic E-state index is 0.776. The second-order valence-corrected chi connectivity index (χ2v) is 5.07. The zero-order valence-corrected chi connectivity index (χ0v) is 13.0. The summed E-state index contributed by atoms with van der Waals surface area (Å²) in [5.41, 5.74) is 3.83. The minimum absolute atomic E-state index is 0.776. The van der Waals surface area contributed by atoms with Crippen LogP contribution in [-0.2, 0) is 18.2 Å². The van der Waals surface area contributed by atoms with E-state index in [1.165, 1.54) is 11.3 Å². The molecular weight excluding hydrogens is 240 g/mol. The van der Waals surface area contributed by atoms with Crippen molar-refractivity contribution < 1.29 is 4.74 Å². The molecule has 1 rings (SSSR count). The molecule has 1 heterocycles. The van der Waals surface area contributed by atoms with Gasteiger partial charge in [0.1, 0.15) is 0 Å². The first-order valence-corrected chi connectivity index (χ1v) is 6.93. The predicted molar refractivity (Wildman–Crippen MR) is 78.6 cm³/mol. The molecule has 5 heteroatoms. The van der Waals surface area contributed by atoms with Gasteiger partial charge in [0.25, 0.3) is 0 Å². The van der Waals surface area contributed by atoms with Gasteiger partial charge in [-0.3, -0.25) is 4.68 Å². The van der Waals surface area contributed by atoms with E-state index in [2.05, 4.69) is 36.2 Å². The number of aromatic nitrogens is 2. The first-order valence-electron chi connectivity index (χ1n) is 6.93. The van der Waals surface area contributed by atoms with Crippen LogP contribution in [0.3, 0.4) is 0 Å². The van der Waals surface area contributed by atoms with Gasteiger partial charge in [0, 0.05) is 46.0 Å². The molecule has 0 atom stereocenters. The number of aryl methyl sites for hydroxylation is 2. The van der Waals surface area contributed by atoms with Gasteiger partial charge < -0.3 is 15.0 Å². The van der Waals surface area contributed by atoms with E-state index in [0.717, 1.165) is 44.9 Å². The van der Waals surface area contributed by atoms with Crippen molar-refractivity contribution in [1.82, 2.24) is 20.0 Å². The van der Waals surface area contributed by atoms with E-state index in [9.17, 15) is 0 Å². The summed E-state index contributed by atoms with van der Waals surface area (Å²) in [5, 5.41) is 7.82. The Morgan fingerprint density at radius 2 is 2.00 bits per heavy atom. The molecule has 19 heavy (non-hydrogen) atoms. The third-order valence-electron chi connectivity index (χ3n) is 3.56. The molecule has 110 valence electrons. The van der Waals surface area contributed by atoms with Crippen molar-refractivity contribution in [3.05, 3.63) is 17.0 Å². The van der Waals surface area contributed by atoms with Gasteiger partial charge in [-0.1, -0.05) is 0 Å². The van der Waals surface area contributed by atoms with Crippen molar-refractivity contribution in [3.63, 3.8) is 0 Å². The fourth-order valence-corrected chi connectivity index (χ4v) is 2.16. The highest BCUT2D eigenvalue weighted by Gasteiger charge is 2.09. The Hall–Kier alpha value is -0.910. The highest BCUT2D eigenvalue weighted by Crippen LogP contribution is 2.12. The highest BCUT2D eigenvalue weighted by atomic mass is 16.5. The van der Waals surface area contributed by atoms with Crippen LogP contribution in [0.1, 0.15) is 17.0 Å². The van der Waals surface area contributed by atoms with Gasteiger partial charge in [-0.05, 0) is 32.9 Å². The van der Waals surface area contributed by atoms with Crippen LogP contribution in [0.25, 0.3) is 0 Å². The molecule has 1 N–H and O–H groups in total. The van der Waals surface area contributed by atoms with E-state index in [4.69, 9.17) is 4.74 Å². The fraction of sp³-hybridized carbons (Fsp3) is 0.786. The number of methoxy groups -OCH3 is 1. The van der Waals surface area contributed by atoms with Crippen LogP contribution < -0.4 is 5.32 Å². The largest absolute Gasteiger partial charge is 0.383 e. The molecule has 0 radical (unpaired) electrons. The quantitative estimate of drug-likeness (QED) is 0.671. The van der Waals surface area contributed by atoms with Crippen LogP contribution in [0.4, 0.5) is 0 Å². The number of nitrogens with one attached hydrogen (secondary N) is 1. The maximum atomic E-state index is 5.00. The molecule has 0 aliphatic carbocycles. The molecule has 0 fully saturated rings. The summed E-state index contributed by atoms with van der Waals surface area (Å²) in [6.07, 6.45) is 1.07. The molecule has 0 aliphatic rings. The van der Waals surface area contributed by atoms with E-state index in [0.29, 0.717) is 0 Å². The lowest BCUT2D eigenvalue weighted by Gasteiger charge is -2.17. The van der Waals surface area contributed by atoms with Gasteiger partial charge in [0.05, 0.1) is 12.3 Å². The van der Waals surface area contributed by atoms with Gasteiger partial charge in [-0.2, -0.15) is 5.10 Å². The Balaban J connectivity index is 2.24. The average Bonchev–Trinajstić information content (AvgIpc) is 2.61. The smallest absolute Gasteiger partial charge is 0.0628 e. The summed E-state index contributed by atoms with van der Waals surface area (Å²) in [4.78, 5) is 2.35. The summed E-state index contributed by atoms with van der Waals surface area (Å²) in [6, 6.07) is 0. The first-order chi connectivity index (χ1) is 9.06. The number of rotatable bonds is 9. The van der Waals surface area contributed by atoms with Crippen molar-refractivity contribution in [2.75, 3.05) is 46.9 Å². The van der Waals surface area contributed by atoms with Crippen LogP contribution in [-0.4, -0.2) is 61.6 Å². The van der Waals surface area contributed by atoms with Crippen LogP contribution in [0.5, 0.6) is 0 Å². The van der Waals surface area contributed by atoms with Crippen molar-refractivity contribution in [3.8, 4) is 0 Å². The zero-order chi connectivity index (χ0) is 14.3. The molecule has 0 unspecified atom stereocenters. The number of likely N-dealkylation sites (N-methyl/N-ethyl adjacent to an activating group) is 1. The van der Waals surface area contributed by atoms with Crippen molar-refractivity contribution in [2.45, 2.75) is 20.3 Å². The predicted octanol–water partition coefficient (Wildman–Crippen LogP) is 0.747. The van der Waals surface area contributed by atoms with E-state index in [1.54, 1.807) is 7.11 Å². The minimum Gasteiger partial charge on any atom is -0.383 e. The zero-order valence-electron chi connectivity index (χ0n) is 13.0. The lowest BCUT2D eigenvalue weighted by molar-refractivity contribution is 0.198. The van der Waals surface area contributed by atoms with Gasteiger partial charge in [-0.15, -0.1) is 0 Å². The Morgan fingerprint density at radius 1 is 1.26 bits per heavy atom. The molecule has 0 aliphatic heterocycles. The molecule has 0 aromatic carbocycles. The van der Waals surface area contributed by atoms with Crippen molar-refractivity contribution in [2.24, 2.45) is 7.05 Å². The molecular formula is C14H28N4O. The molecule has 1 aromatic heterocycles. The second kappa shape index (κ2) is 8.30. The second-order valence-electron chi connectivity index (χ2n) is 5.07. The molecule has 1 aromatic rings. The molecule has 0 bridgehead atoms. The fourth-order valence-electron chi connectivity index (χ4n) is 2.16. The molecule has 0 saturated heterocycles. The Kier molecular flexibility index (Phi) is 7.05. The third kappa shape index (κ3) is 5.30. The number of hydrogen-bond acceptors (Lipinski definition) is 4. The van der Waals surface area contributed by atoms with Gasteiger partial charge in [0.2, 0.25) is 0 Å². The summed E-state index contributed by atoms with van der Waals surface area (Å²) in [6.45, 7) is 9.06. The van der Waals surface area contributed by atoms with Crippen molar-refractivity contribution >= 4 is 0 Å². The van der Waals surface area contributed by atoms with Crippen LogP contribution >= 0.6 is 0 Å². The molecule has 0 spiro atoms. The van der Waals surface area contributed by atoms with Gasteiger partial charge in [-0.25, -0.2) is 0 Å². The average molecular weight is 268 g/mol. The van der Waals surface area contributed by atoms with Crippen molar-refractivity contribution in [1.29, 1.82) is 0 Å². The lowest BCUT2D eigenvalue weighted by atomic mass is 10.1. The van der Waals surface area contributed by atoms with E-state index in [-0.39, 0.29) is 0 Å². The first kappa shape index (κ1) is 16.1. The monoisotopic (exact) mass is 268 g/mol. The standard InChI is InChI=1S/C14H28N4O/c1-12-14(13(2)18(4)16-12)6-9-17(3)10-7-15-8-11-19-5/h15H,6-11H2,1-5H3. The SMILES string of the molecule is COCCNCCN(C)CCc1c(C)nn(C)c1C. The molecule has 5 nitrogen and oxygen atoms in total. The summed E-state index contributed by atoms with van der Waals surface area (Å²) in [5.74, 6) is 0.